The molecule has 29 heavy (non-hydrogen) atoms. The first kappa shape index (κ1) is 22.9. The smallest absolute Gasteiger partial charge is 0.191 e. The lowest BCUT2D eigenvalue weighted by Crippen LogP contribution is -2.43. The molecule has 2 aromatic rings. The summed E-state index contributed by atoms with van der Waals surface area (Å²) in [5.74, 6) is 1.19. The van der Waals surface area contributed by atoms with Crippen LogP contribution in [0.25, 0.3) is 0 Å². The molecule has 6 heteroatoms. The van der Waals surface area contributed by atoms with Gasteiger partial charge in [-0.05, 0) is 37.8 Å². The van der Waals surface area contributed by atoms with Gasteiger partial charge in [0, 0.05) is 31.3 Å². The Bertz CT molecular complexity index is 813. The summed E-state index contributed by atoms with van der Waals surface area (Å²) in [4.78, 5) is 4.73. The van der Waals surface area contributed by atoms with Crippen molar-refractivity contribution in [3.05, 3.63) is 71.8 Å². The number of benzene rings is 2. The normalized spacial score (nSPS) is 13.3. The number of guanidine groups is 1. The molecule has 0 bridgehead atoms. The zero-order valence-electron chi connectivity index (χ0n) is 17.6. The average Bonchev–Trinajstić information content (AvgIpc) is 2.70. The van der Waals surface area contributed by atoms with Crippen molar-refractivity contribution in [3.63, 3.8) is 0 Å². The zero-order valence-corrected chi connectivity index (χ0v) is 18.5. The second kappa shape index (κ2) is 11.6. The molecule has 0 aliphatic heterocycles. The van der Waals surface area contributed by atoms with E-state index in [4.69, 9.17) is 4.99 Å². The van der Waals surface area contributed by atoms with E-state index in [1.165, 1.54) is 17.4 Å². The van der Waals surface area contributed by atoms with Crippen LogP contribution in [0.5, 0.6) is 0 Å². The van der Waals surface area contributed by atoms with Crippen LogP contribution in [-0.4, -0.2) is 45.5 Å². The molecule has 0 saturated carbocycles. The number of sulfone groups is 1. The van der Waals surface area contributed by atoms with Gasteiger partial charge in [-0.25, -0.2) is 8.42 Å². The molecule has 1 atom stereocenters. The standard InChI is InChI=1S/C23H33N3O2S/c1-4-24-23(26-19(2)16-18-29(3,27)28)25-17-15-22(20-11-7-5-8-12-20)21-13-9-6-10-14-21/h5-14,19,22H,4,15-18H2,1-3H3,(H2,24,25,26). The molecule has 2 aromatic carbocycles. The van der Waals surface area contributed by atoms with Crippen molar-refractivity contribution in [3.8, 4) is 0 Å². The predicted octanol–water partition coefficient (Wildman–Crippen LogP) is 3.59. The molecule has 0 radical (unpaired) electrons. The Kier molecular flexibility index (Phi) is 9.19. The Hall–Kier alpha value is -2.34. The third-order valence-electron chi connectivity index (χ3n) is 4.74. The minimum atomic E-state index is -2.96. The fraction of sp³-hybridized carbons (Fsp3) is 0.435. The molecule has 5 nitrogen and oxygen atoms in total. The van der Waals surface area contributed by atoms with Gasteiger partial charge in [0.1, 0.15) is 9.84 Å². The summed E-state index contributed by atoms with van der Waals surface area (Å²) in [6.45, 7) is 5.43. The van der Waals surface area contributed by atoms with E-state index in [-0.39, 0.29) is 17.7 Å². The van der Waals surface area contributed by atoms with E-state index < -0.39 is 9.84 Å². The predicted molar refractivity (Wildman–Crippen MR) is 122 cm³/mol. The van der Waals surface area contributed by atoms with Crippen LogP contribution in [0.15, 0.2) is 65.7 Å². The van der Waals surface area contributed by atoms with E-state index in [1.807, 2.05) is 26.0 Å². The molecule has 2 N–H and O–H groups in total. The second-order valence-corrected chi connectivity index (χ2v) is 9.65. The summed E-state index contributed by atoms with van der Waals surface area (Å²) in [5, 5.41) is 6.57. The van der Waals surface area contributed by atoms with Crippen molar-refractivity contribution in [2.24, 2.45) is 4.99 Å². The lowest BCUT2D eigenvalue weighted by Gasteiger charge is -2.19. The van der Waals surface area contributed by atoms with Crippen molar-refractivity contribution in [2.45, 2.75) is 38.6 Å². The average molecular weight is 416 g/mol. The molecule has 0 aromatic heterocycles. The van der Waals surface area contributed by atoms with Crippen LogP contribution < -0.4 is 10.6 Å². The van der Waals surface area contributed by atoms with Crippen LogP contribution in [0, 0.1) is 0 Å². The van der Waals surface area contributed by atoms with Gasteiger partial charge in [0.05, 0.1) is 5.75 Å². The number of aliphatic imine (C=N–C) groups is 1. The van der Waals surface area contributed by atoms with Crippen molar-refractivity contribution < 1.29 is 8.42 Å². The van der Waals surface area contributed by atoms with Crippen molar-refractivity contribution in [1.29, 1.82) is 0 Å². The molecule has 1 unspecified atom stereocenters. The van der Waals surface area contributed by atoms with Gasteiger partial charge in [-0.15, -0.1) is 0 Å². The molecule has 0 aliphatic rings. The molecular weight excluding hydrogens is 382 g/mol. The minimum Gasteiger partial charge on any atom is -0.357 e. The summed E-state index contributed by atoms with van der Waals surface area (Å²) in [6, 6.07) is 21.1. The van der Waals surface area contributed by atoms with Crippen molar-refractivity contribution in [1.82, 2.24) is 10.6 Å². The van der Waals surface area contributed by atoms with Crippen LogP contribution in [0.3, 0.4) is 0 Å². The van der Waals surface area contributed by atoms with E-state index >= 15 is 0 Å². The molecule has 0 heterocycles. The Morgan fingerprint density at radius 3 is 2.00 bits per heavy atom. The third kappa shape index (κ3) is 8.69. The van der Waals surface area contributed by atoms with Gasteiger partial charge in [-0.2, -0.15) is 0 Å². The number of nitrogens with one attached hydrogen (secondary N) is 2. The molecule has 158 valence electrons. The molecule has 0 fully saturated rings. The third-order valence-corrected chi connectivity index (χ3v) is 5.72. The van der Waals surface area contributed by atoms with Gasteiger partial charge in [-0.3, -0.25) is 4.99 Å². The van der Waals surface area contributed by atoms with E-state index in [1.54, 1.807) is 0 Å². The highest BCUT2D eigenvalue weighted by Crippen LogP contribution is 2.27. The van der Waals surface area contributed by atoms with Crippen molar-refractivity contribution >= 4 is 15.8 Å². The van der Waals surface area contributed by atoms with Gasteiger partial charge in [0.2, 0.25) is 0 Å². The van der Waals surface area contributed by atoms with Crippen LogP contribution in [-0.2, 0) is 9.84 Å². The fourth-order valence-corrected chi connectivity index (χ4v) is 4.00. The Morgan fingerprint density at radius 2 is 1.52 bits per heavy atom. The first-order valence-electron chi connectivity index (χ1n) is 10.2. The lowest BCUT2D eigenvalue weighted by molar-refractivity contribution is 0.581. The van der Waals surface area contributed by atoms with Gasteiger partial charge >= 0.3 is 0 Å². The summed E-state index contributed by atoms with van der Waals surface area (Å²) >= 11 is 0. The molecule has 0 spiro atoms. The molecule has 2 rings (SSSR count). The number of rotatable bonds is 10. The number of hydrogen-bond donors (Lipinski definition) is 2. The van der Waals surface area contributed by atoms with E-state index in [9.17, 15) is 8.42 Å². The van der Waals surface area contributed by atoms with E-state index in [2.05, 4.69) is 59.2 Å². The van der Waals surface area contributed by atoms with Gasteiger partial charge in [0.15, 0.2) is 5.96 Å². The fourth-order valence-electron chi connectivity index (χ4n) is 3.22. The highest BCUT2D eigenvalue weighted by atomic mass is 32.2. The van der Waals surface area contributed by atoms with Crippen LogP contribution in [0.4, 0.5) is 0 Å². The van der Waals surface area contributed by atoms with Gasteiger partial charge in [0.25, 0.3) is 0 Å². The number of hydrogen-bond acceptors (Lipinski definition) is 3. The molecular formula is C23H33N3O2S. The summed E-state index contributed by atoms with van der Waals surface area (Å²) in [6.07, 6.45) is 2.72. The molecule has 0 saturated heterocycles. The molecule has 0 aliphatic carbocycles. The van der Waals surface area contributed by atoms with Crippen molar-refractivity contribution in [2.75, 3.05) is 25.1 Å². The van der Waals surface area contributed by atoms with Gasteiger partial charge < -0.3 is 10.6 Å². The number of nitrogens with zero attached hydrogens (tertiary/aromatic N) is 1. The minimum absolute atomic E-state index is 0.0292. The maximum Gasteiger partial charge on any atom is 0.191 e. The SMILES string of the molecule is CCNC(=NCCC(c1ccccc1)c1ccccc1)NC(C)CCS(C)(=O)=O. The largest absolute Gasteiger partial charge is 0.357 e. The lowest BCUT2D eigenvalue weighted by atomic mass is 9.89. The highest BCUT2D eigenvalue weighted by molar-refractivity contribution is 7.90. The summed E-state index contributed by atoms with van der Waals surface area (Å²) in [5.41, 5.74) is 2.57. The first-order chi connectivity index (χ1) is 13.9. The zero-order chi connectivity index (χ0) is 21.1. The van der Waals surface area contributed by atoms with E-state index in [0.29, 0.717) is 13.0 Å². The molecule has 0 amide bonds. The quantitative estimate of drug-likeness (QED) is 0.460. The van der Waals surface area contributed by atoms with Crippen LogP contribution >= 0.6 is 0 Å². The monoisotopic (exact) mass is 415 g/mol. The van der Waals surface area contributed by atoms with Gasteiger partial charge in [-0.1, -0.05) is 60.7 Å². The first-order valence-corrected chi connectivity index (χ1v) is 12.3. The van der Waals surface area contributed by atoms with Crippen LogP contribution in [0.2, 0.25) is 0 Å². The Morgan fingerprint density at radius 1 is 0.966 bits per heavy atom. The van der Waals surface area contributed by atoms with Crippen LogP contribution in [0.1, 0.15) is 43.7 Å². The topological polar surface area (TPSA) is 70.6 Å². The Labute approximate surface area is 175 Å². The second-order valence-electron chi connectivity index (χ2n) is 7.39. The maximum absolute atomic E-state index is 11.4. The summed E-state index contributed by atoms with van der Waals surface area (Å²) < 4.78 is 22.8. The highest BCUT2D eigenvalue weighted by Gasteiger charge is 2.14. The van der Waals surface area contributed by atoms with E-state index in [0.717, 1.165) is 18.9 Å². The maximum atomic E-state index is 11.4. The summed E-state index contributed by atoms with van der Waals surface area (Å²) in [7, 11) is -2.96. The Balaban J connectivity index is 2.04.